The molecule has 1 saturated heterocycles. The molecule has 0 aliphatic carbocycles. The number of aliphatic imine (C=N–C) groups is 1. The minimum Gasteiger partial charge on any atom is -0.506 e. The Kier molecular flexibility index (Phi) is 5.20. The van der Waals surface area contributed by atoms with E-state index in [0.717, 1.165) is 0 Å². The Morgan fingerprint density at radius 3 is 2.71 bits per heavy atom. The summed E-state index contributed by atoms with van der Waals surface area (Å²) in [6, 6.07) is 1.45. The number of halogens is 1. The van der Waals surface area contributed by atoms with E-state index in [4.69, 9.17) is 22.2 Å². The number of pyridine rings is 1. The number of nitrogens with zero attached hydrogens (tertiary/aromatic N) is 5. The third-order valence-electron chi connectivity index (χ3n) is 4.18. The number of rotatable bonds is 3. The van der Waals surface area contributed by atoms with Crippen LogP contribution in [-0.4, -0.2) is 61.9 Å². The summed E-state index contributed by atoms with van der Waals surface area (Å²) in [6.07, 6.45) is 2.76. The summed E-state index contributed by atoms with van der Waals surface area (Å²) in [4.78, 5) is 18.2. The lowest BCUT2D eigenvalue weighted by Gasteiger charge is -2.38. The number of ether oxygens (including phenoxy) is 1. The summed E-state index contributed by atoms with van der Waals surface area (Å²) in [6.45, 7) is 8.18. The summed E-state index contributed by atoms with van der Waals surface area (Å²) in [5, 5.41) is 18.5. The van der Waals surface area contributed by atoms with Crippen LogP contribution >= 0.6 is 11.6 Å². The molecular weight excluding hydrogens is 384 g/mol. The smallest absolute Gasteiger partial charge is 0.410 e. The van der Waals surface area contributed by atoms with Crippen LogP contribution in [-0.2, 0) is 4.74 Å². The van der Waals surface area contributed by atoms with E-state index in [1.807, 2.05) is 20.8 Å². The molecule has 1 aliphatic rings. The Labute approximate surface area is 167 Å². The normalized spacial score (nSPS) is 16.4. The number of aromatic hydroxyl groups is 1. The number of amides is 1. The molecule has 0 atom stereocenters. The summed E-state index contributed by atoms with van der Waals surface area (Å²) >= 11 is 6.02. The molecule has 0 saturated carbocycles. The predicted octanol–water partition coefficient (Wildman–Crippen LogP) is 2.44. The van der Waals surface area contributed by atoms with E-state index in [1.165, 1.54) is 16.8 Å². The number of fused-ring (bicyclic) bond motifs is 1. The number of carbonyl (C=O) groups excluding carboxylic acids is 1. The topological polar surface area (TPSA) is 118 Å². The van der Waals surface area contributed by atoms with Crippen molar-refractivity contribution < 1.29 is 14.6 Å². The number of hydrazone groups is 1. The molecule has 1 fully saturated rings. The number of hydrogen-bond acceptors (Lipinski definition) is 7. The molecule has 0 unspecified atom stereocenters. The highest BCUT2D eigenvalue weighted by Gasteiger charge is 2.33. The lowest BCUT2D eigenvalue weighted by molar-refractivity contribution is 0.00907. The molecule has 3 heterocycles. The van der Waals surface area contributed by atoms with Crippen molar-refractivity contribution in [1.82, 2.24) is 14.5 Å². The highest BCUT2D eigenvalue weighted by molar-refractivity contribution is 6.47. The first-order valence-corrected chi connectivity index (χ1v) is 9.13. The summed E-state index contributed by atoms with van der Waals surface area (Å²) in [7, 11) is 0. The third-order valence-corrected chi connectivity index (χ3v) is 4.46. The Morgan fingerprint density at radius 2 is 2.11 bits per heavy atom. The molecule has 3 rings (SSSR count). The largest absolute Gasteiger partial charge is 0.506 e. The molecule has 10 heteroatoms. The molecule has 0 bridgehead atoms. The van der Waals surface area contributed by atoms with Gasteiger partial charge in [0, 0.05) is 24.8 Å². The molecule has 2 aromatic heterocycles. The van der Waals surface area contributed by atoms with Gasteiger partial charge in [-0.2, -0.15) is 10.2 Å². The zero-order chi connectivity index (χ0) is 20.6. The van der Waals surface area contributed by atoms with Gasteiger partial charge in [0.2, 0.25) is 0 Å². The molecule has 150 valence electrons. The molecule has 0 spiro atoms. The van der Waals surface area contributed by atoms with Crippen molar-refractivity contribution in [1.29, 1.82) is 0 Å². The van der Waals surface area contributed by atoms with Gasteiger partial charge in [0.15, 0.2) is 0 Å². The van der Waals surface area contributed by atoms with Crippen LogP contribution in [0.3, 0.4) is 0 Å². The SMILES string of the molecule is CC(=NC1CN(C(=O)OC(C)(C)C)C1)/C(=N\N)c1cc(O)c2c(Cl)cnn2c1. The fraction of sp³-hybridized carbons (Fsp3) is 0.444. The Bertz CT molecular complexity index is 970. The van der Waals surface area contributed by atoms with Crippen molar-refractivity contribution in [3.05, 3.63) is 29.0 Å². The van der Waals surface area contributed by atoms with Crippen molar-refractivity contribution in [2.45, 2.75) is 39.3 Å². The average molecular weight is 407 g/mol. The fourth-order valence-corrected chi connectivity index (χ4v) is 3.14. The zero-order valence-electron chi connectivity index (χ0n) is 16.2. The van der Waals surface area contributed by atoms with Gasteiger partial charge in [-0.15, -0.1) is 0 Å². The summed E-state index contributed by atoms with van der Waals surface area (Å²) in [5.41, 5.74) is 1.43. The van der Waals surface area contributed by atoms with Crippen LogP contribution < -0.4 is 5.84 Å². The van der Waals surface area contributed by atoms with Crippen LogP contribution in [0.5, 0.6) is 5.75 Å². The van der Waals surface area contributed by atoms with E-state index in [1.54, 1.807) is 18.0 Å². The average Bonchev–Trinajstić information content (AvgIpc) is 2.91. The fourth-order valence-electron chi connectivity index (χ4n) is 2.92. The monoisotopic (exact) mass is 406 g/mol. The minimum absolute atomic E-state index is 0.0336. The first-order chi connectivity index (χ1) is 13.1. The van der Waals surface area contributed by atoms with Gasteiger partial charge in [0.05, 0.1) is 23.0 Å². The molecule has 1 aliphatic heterocycles. The van der Waals surface area contributed by atoms with Crippen molar-refractivity contribution >= 4 is 34.6 Å². The van der Waals surface area contributed by atoms with Crippen LogP contribution in [0.25, 0.3) is 5.52 Å². The summed E-state index contributed by atoms with van der Waals surface area (Å²) in [5.74, 6) is 5.54. The maximum Gasteiger partial charge on any atom is 0.410 e. The maximum absolute atomic E-state index is 12.0. The highest BCUT2D eigenvalue weighted by Crippen LogP contribution is 2.27. The van der Waals surface area contributed by atoms with E-state index < -0.39 is 5.60 Å². The van der Waals surface area contributed by atoms with Crippen molar-refractivity contribution in [2.24, 2.45) is 15.9 Å². The number of likely N-dealkylation sites (tertiary alicyclic amines) is 1. The predicted molar refractivity (Wildman–Crippen MR) is 107 cm³/mol. The second-order valence-electron chi connectivity index (χ2n) is 7.63. The quantitative estimate of drug-likeness (QED) is 0.461. The van der Waals surface area contributed by atoms with Crippen LogP contribution in [0.15, 0.2) is 28.6 Å². The zero-order valence-corrected chi connectivity index (χ0v) is 16.9. The van der Waals surface area contributed by atoms with E-state index in [9.17, 15) is 9.90 Å². The van der Waals surface area contributed by atoms with Gasteiger partial charge in [-0.3, -0.25) is 4.99 Å². The van der Waals surface area contributed by atoms with Gasteiger partial charge in [0.25, 0.3) is 0 Å². The molecule has 9 nitrogen and oxygen atoms in total. The van der Waals surface area contributed by atoms with E-state index >= 15 is 0 Å². The maximum atomic E-state index is 12.0. The van der Waals surface area contributed by atoms with Crippen LogP contribution in [0.1, 0.15) is 33.3 Å². The number of carbonyl (C=O) groups is 1. The van der Waals surface area contributed by atoms with E-state index in [0.29, 0.717) is 40.6 Å². The van der Waals surface area contributed by atoms with Gasteiger partial charge in [-0.25, -0.2) is 9.31 Å². The first kappa shape index (κ1) is 19.9. The number of aromatic nitrogens is 2. The van der Waals surface area contributed by atoms with Gasteiger partial charge in [-0.1, -0.05) is 11.6 Å². The molecule has 2 aromatic rings. The summed E-state index contributed by atoms with van der Waals surface area (Å²) < 4.78 is 6.79. The number of nitrogens with two attached hydrogens (primary N) is 1. The van der Waals surface area contributed by atoms with Crippen molar-refractivity contribution in [3.63, 3.8) is 0 Å². The van der Waals surface area contributed by atoms with Crippen LogP contribution in [0.2, 0.25) is 5.02 Å². The first-order valence-electron chi connectivity index (χ1n) is 8.76. The van der Waals surface area contributed by atoms with E-state index in [-0.39, 0.29) is 17.9 Å². The third kappa shape index (κ3) is 4.04. The Morgan fingerprint density at radius 1 is 1.43 bits per heavy atom. The van der Waals surface area contributed by atoms with Crippen LogP contribution in [0.4, 0.5) is 4.79 Å². The molecule has 0 aromatic carbocycles. The number of hydrogen-bond donors (Lipinski definition) is 2. The van der Waals surface area contributed by atoms with Gasteiger partial charge < -0.3 is 20.6 Å². The molecule has 0 radical (unpaired) electrons. The highest BCUT2D eigenvalue weighted by atomic mass is 35.5. The van der Waals surface area contributed by atoms with Crippen molar-refractivity contribution in [2.75, 3.05) is 13.1 Å². The van der Waals surface area contributed by atoms with Crippen LogP contribution in [0, 0.1) is 0 Å². The standard InChI is InChI=1S/C18H23ClN6O3/c1-10(22-12-8-24(9-12)17(27)28-18(2,3)4)15(23-20)11-5-14(26)16-13(19)6-21-25(16)7-11/h5-7,12,26H,8-9,20H2,1-4H3/b22-10?,23-15+. The van der Waals surface area contributed by atoms with Crippen molar-refractivity contribution in [3.8, 4) is 5.75 Å². The van der Waals surface area contributed by atoms with E-state index in [2.05, 4.69) is 15.2 Å². The second-order valence-corrected chi connectivity index (χ2v) is 8.04. The lowest BCUT2D eigenvalue weighted by atomic mass is 10.1. The lowest BCUT2D eigenvalue weighted by Crippen LogP contribution is -2.54. The molecule has 28 heavy (non-hydrogen) atoms. The molecule has 1 amide bonds. The second kappa shape index (κ2) is 7.31. The molecular formula is C18H23ClN6O3. The van der Waals surface area contributed by atoms with Gasteiger partial charge in [-0.05, 0) is 33.8 Å². The Hall–Kier alpha value is -2.81. The Balaban J connectivity index is 1.73. The molecule has 3 N–H and O–H groups in total. The van der Waals surface area contributed by atoms with Gasteiger partial charge >= 0.3 is 6.09 Å². The minimum atomic E-state index is -0.531. The van der Waals surface area contributed by atoms with Gasteiger partial charge in [0.1, 0.15) is 22.6 Å².